The molecule has 0 unspecified atom stereocenters. The zero-order valence-electron chi connectivity index (χ0n) is 16.9. The molecule has 0 radical (unpaired) electrons. The smallest absolute Gasteiger partial charge is 0.225 e. The summed E-state index contributed by atoms with van der Waals surface area (Å²) in [5.74, 6) is 0.115. The first kappa shape index (κ1) is 20.7. The van der Waals surface area contributed by atoms with Crippen LogP contribution in [0.4, 0.5) is 15.9 Å². The van der Waals surface area contributed by atoms with Gasteiger partial charge in [-0.1, -0.05) is 19.3 Å². The van der Waals surface area contributed by atoms with Gasteiger partial charge in [-0.05, 0) is 37.1 Å². The van der Waals surface area contributed by atoms with Crippen LogP contribution in [0, 0.1) is 5.82 Å². The summed E-state index contributed by atoms with van der Waals surface area (Å²) in [4.78, 5) is 23.0. The Morgan fingerprint density at radius 1 is 1.20 bits per heavy atom. The molecule has 2 N–H and O–H groups in total. The molecule has 1 saturated heterocycles. The zero-order chi connectivity index (χ0) is 21.0. The molecule has 1 saturated carbocycles. The molecule has 2 aromatic rings. The van der Waals surface area contributed by atoms with E-state index in [1.807, 2.05) is 12.1 Å². The quantitative estimate of drug-likeness (QED) is 0.780. The van der Waals surface area contributed by atoms with Crippen molar-refractivity contribution in [3.05, 3.63) is 48.2 Å². The number of rotatable bonds is 5. The number of hydrogen-bond donors (Lipinski definition) is 2. The molecule has 0 spiro atoms. The van der Waals surface area contributed by atoms with Gasteiger partial charge in [0, 0.05) is 6.54 Å². The molecule has 0 aromatic carbocycles. The lowest BCUT2D eigenvalue weighted by Crippen LogP contribution is -2.46. The van der Waals surface area contributed by atoms with Crippen LogP contribution in [-0.2, 0) is 9.53 Å². The molecular formula is C22H27FN4O3. The number of carbonyl (C=O) groups excluding carboxylic acids is 1. The van der Waals surface area contributed by atoms with Crippen LogP contribution in [0.1, 0.15) is 50.3 Å². The third-order valence-electron chi connectivity index (χ3n) is 5.80. The number of aliphatic hydroxyl groups is 1. The molecule has 160 valence electrons. The van der Waals surface area contributed by atoms with Gasteiger partial charge in [-0.3, -0.25) is 9.78 Å². The van der Waals surface area contributed by atoms with Gasteiger partial charge in [0.05, 0.1) is 48.9 Å². The highest BCUT2D eigenvalue weighted by atomic mass is 19.1. The minimum absolute atomic E-state index is 0.0200. The Kier molecular flexibility index (Phi) is 6.24. The molecule has 8 heteroatoms. The van der Waals surface area contributed by atoms with Crippen LogP contribution in [-0.4, -0.2) is 51.2 Å². The number of aromatic nitrogens is 2. The second-order valence-corrected chi connectivity index (χ2v) is 8.12. The van der Waals surface area contributed by atoms with E-state index in [0.717, 1.165) is 36.8 Å². The van der Waals surface area contributed by atoms with Gasteiger partial charge in [-0.2, -0.15) is 0 Å². The third-order valence-corrected chi connectivity index (χ3v) is 5.80. The summed E-state index contributed by atoms with van der Waals surface area (Å²) in [5, 5.41) is 13.8. The fourth-order valence-corrected chi connectivity index (χ4v) is 4.10. The summed E-state index contributed by atoms with van der Waals surface area (Å²) in [6.07, 6.45) is 7.17. The number of ether oxygens (including phenoxy) is 1. The number of amides is 1. The number of pyridine rings is 2. The minimum atomic E-state index is -0.858. The molecule has 7 nitrogen and oxygen atoms in total. The molecular weight excluding hydrogens is 387 g/mol. The van der Waals surface area contributed by atoms with Gasteiger partial charge >= 0.3 is 0 Å². The summed E-state index contributed by atoms with van der Waals surface area (Å²) < 4.78 is 18.8. The molecule has 1 aliphatic carbocycles. The molecule has 2 aromatic heterocycles. The first-order valence-corrected chi connectivity index (χ1v) is 10.5. The fraction of sp³-hybridized carbons (Fsp3) is 0.500. The van der Waals surface area contributed by atoms with Crippen molar-refractivity contribution in [2.75, 3.05) is 25.0 Å². The van der Waals surface area contributed by atoms with E-state index in [-0.39, 0.29) is 18.4 Å². The standard InChI is InChI=1S/C22H27FN4O3/c23-16-4-7-20(25-13-16)26-17-5-6-18(24-14-17)19-15-27(10-11-30-19)21(28)12-22(29)8-2-1-3-9-22/h4-7,13-14,19,29H,1-3,8-12,15H2,(H,25,26)/t19-/m0/s1. The van der Waals surface area contributed by atoms with Gasteiger partial charge in [0.1, 0.15) is 17.7 Å². The SMILES string of the molecule is O=C(CC1(O)CCCCC1)N1CCO[C@H](c2ccc(Nc3ccc(F)cn3)cn2)C1. The molecule has 1 atom stereocenters. The highest BCUT2D eigenvalue weighted by molar-refractivity contribution is 5.77. The van der Waals surface area contributed by atoms with E-state index in [2.05, 4.69) is 15.3 Å². The van der Waals surface area contributed by atoms with E-state index in [1.165, 1.54) is 6.07 Å². The van der Waals surface area contributed by atoms with Crippen LogP contribution in [0.2, 0.25) is 0 Å². The van der Waals surface area contributed by atoms with E-state index in [9.17, 15) is 14.3 Å². The van der Waals surface area contributed by atoms with E-state index in [4.69, 9.17) is 4.74 Å². The Hall–Kier alpha value is -2.58. The van der Waals surface area contributed by atoms with Crippen molar-refractivity contribution in [2.24, 2.45) is 0 Å². The summed E-state index contributed by atoms with van der Waals surface area (Å²) in [5.41, 5.74) is 0.603. The Labute approximate surface area is 175 Å². The predicted octanol–water partition coefficient (Wildman–Crippen LogP) is 3.34. The maximum Gasteiger partial charge on any atom is 0.225 e. The van der Waals surface area contributed by atoms with E-state index in [1.54, 1.807) is 17.2 Å². The zero-order valence-corrected chi connectivity index (χ0v) is 16.9. The lowest BCUT2D eigenvalue weighted by atomic mass is 9.82. The van der Waals surface area contributed by atoms with Gasteiger partial charge in [-0.15, -0.1) is 0 Å². The number of anilines is 2. The van der Waals surface area contributed by atoms with Crippen molar-refractivity contribution < 1.29 is 19.0 Å². The number of carbonyl (C=O) groups is 1. The van der Waals surface area contributed by atoms with Gasteiger partial charge in [0.25, 0.3) is 0 Å². The average molecular weight is 414 g/mol. The summed E-state index contributed by atoms with van der Waals surface area (Å²) in [6.45, 7) is 1.39. The van der Waals surface area contributed by atoms with Crippen molar-refractivity contribution in [1.82, 2.24) is 14.9 Å². The number of halogens is 1. The van der Waals surface area contributed by atoms with Gasteiger partial charge in [0.2, 0.25) is 5.91 Å². The number of nitrogens with one attached hydrogen (secondary N) is 1. The van der Waals surface area contributed by atoms with Gasteiger partial charge in [-0.25, -0.2) is 9.37 Å². The summed E-state index contributed by atoms with van der Waals surface area (Å²) in [7, 11) is 0. The summed E-state index contributed by atoms with van der Waals surface area (Å²) in [6, 6.07) is 6.58. The molecule has 1 aliphatic heterocycles. The maximum atomic E-state index is 13.0. The molecule has 2 aliphatic rings. The lowest BCUT2D eigenvalue weighted by molar-refractivity contribution is -0.145. The van der Waals surface area contributed by atoms with E-state index >= 15 is 0 Å². The number of nitrogens with zero attached hydrogens (tertiary/aromatic N) is 3. The van der Waals surface area contributed by atoms with Crippen molar-refractivity contribution in [3.8, 4) is 0 Å². The van der Waals surface area contributed by atoms with Gasteiger partial charge in [0.15, 0.2) is 0 Å². The van der Waals surface area contributed by atoms with Crippen LogP contribution in [0.15, 0.2) is 36.7 Å². The normalized spacial score (nSPS) is 21.3. The van der Waals surface area contributed by atoms with Crippen molar-refractivity contribution in [3.63, 3.8) is 0 Å². The molecule has 2 fully saturated rings. The van der Waals surface area contributed by atoms with Crippen molar-refractivity contribution in [2.45, 2.75) is 50.2 Å². The Morgan fingerprint density at radius 2 is 2.03 bits per heavy atom. The van der Waals surface area contributed by atoms with Gasteiger partial charge < -0.3 is 20.1 Å². The second-order valence-electron chi connectivity index (χ2n) is 8.12. The maximum absolute atomic E-state index is 13.0. The third kappa shape index (κ3) is 5.12. The minimum Gasteiger partial charge on any atom is -0.389 e. The average Bonchev–Trinajstić information content (AvgIpc) is 2.76. The topological polar surface area (TPSA) is 87.6 Å². The monoisotopic (exact) mass is 414 g/mol. The second kappa shape index (κ2) is 9.06. The van der Waals surface area contributed by atoms with Crippen LogP contribution >= 0.6 is 0 Å². The molecule has 0 bridgehead atoms. The first-order valence-electron chi connectivity index (χ1n) is 10.5. The van der Waals surface area contributed by atoms with E-state index < -0.39 is 11.4 Å². The van der Waals surface area contributed by atoms with Crippen LogP contribution in [0.3, 0.4) is 0 Å². The molecule has 3 heterocycles. The number of hydrogen-bond acceptors (Lipinski definition) is 6. The van der Waals surface area contributed by atoms with Crippen molar-refractivity contribution >= 4 is 17.4 Å². The van der Waals surface area contributed by atoms with E-state index in [0.29, 0.717) is 38.4 Å². The Balaban J connectivity index is 1.35. The summed E-state index contributed by atoms with van der Waals surface area (Å²) >= 11 is 0. The number of morpholine rings is 1. The Bertz CT molecular complexity index is 854. The predicted molar refractivity (Wildman–Crippen MR) is 110 cm³/mol. The first-order chi connectivity index (χ1) is 14.5. The highest BCUT2D eigenvalue weighted by Gasteiger charge is 2.35. The van der Waals surface area contributed by atoms with Crippen LogP contribution in [0.25, 0.3) is 0 Å². The fourth-order valence-electron chi connectivity index (χ4n) is 4.10. The Morgan fingerprint density at radius 3 is 2.73 bits per heavy atom. The largest absolute Gasteiger partial charge is 0.389 e. The molecule has 30 heavy (non-hydrogen) atoms. The van der Waals surface area contributed by atoms with Crippen molar-refractivity contribution in [1.29, 1.82) is 0 Å². The lowest BCUT2D eigenvalue weighted by Gasteiger charge is -2.37. The van der Waals surface area contributed by atoms with Crippen LogP contribution in [0.5, 0.6) is 0 Å². The molecule has 4 rings (SSSR count). The highest BCUT2D eigenvalue weighted by Crippen LogP contribution is 2.32. The van der Waals surface area contributed by atoms with Crippen LogP contribution < -0.4 is 5.32 Å². The molecule has 1 amide bonds.